The van der Waals surface area contributed by atoms with Crippen molar-refractivity contribution in [1.29, 1.82) is 0 Å². The van der Waals surface area contributed by atoms with Crippen LogP contribution in [-0.2, 0) is 28.6 Å². The Hall–Kier alpha value is -3.15. The van der Waals surface area contributed by atoms with Crippen molar-refractivity contribution in [3.05, 3.63) is 72.9 Å². The third-order valence-corrected chi connectivity index (χ3v) is 12.4. The minimum Gasteiger partial charge on any atom is -0.462 e. The van der Waals surface area contributed by atoms with Gasteiger partial charge in [-0.1, -0.05) is 254 Å². The maximum absolute atomic E-state index is 12.8. The van der Waals surface area contributed by atoms with Crippen molar-refractivity contribution in [2.75, 3.05) is 13.2 Å². The van der Waals surface area contributed by atoms with Gasteiger partial charge in [0, 0.05) is 19.3 Å². The smallest absolute Gasteiger partial charge is 0.306 e. The number of carbonyl (C=O) groups is 3. The molecule has 68 heavy (non-hydrogen) atoms. The third kappa shape index (κ3) is 53.8. The van der Waals surface area contributed by atoms with Crippen molar-refractivity contribution >= 4 is 17.9 Å². The first-order chi connectivity index (χ1) is 33.5. The van der Waals surface area contributed by atoms with Crippen LogP contribution >= 0.6 is 0 Å². The van der Waals surface area contributed by atoms with E-state index in [4.69, 9.17) is 14.2 Å². The molecule has 0 saturated carbocycles. The number of hydrogen-bond acceptors (Lipinski definition) is 6. The van der Waals surface area contributed by atoms with Gasteiger partial charge in [-0.3, -0.25) is 14.4 Å². The number of esters is 3. The third-order valence-electron chi connectivity index (χ3n) is 12.4. The highest BCUT2D eigenvalue weighted by molar-refractivity contribution is 5.71. The summed E-state index contributed by atoms with van der Waals surface area (Å²) < 4.78 is 16.8. The first-order valence-corrected chi connectivity index (χ1v) is 28.9. The van der Waals surface area contributed by atoms with Crippen LogP contribution in [0.1, 0.15) is 284 Å². The summed E-state index contributed by atoms with van der Waals surface area (Å²) in [5.74, 6) is -0.891. The van der Waals surface area contributed by atoms with Crippen molar-refractivity contribution in [3.8, 4) is 0 Å². The van der Waals surface area contributed by atoms with Crippen molar-refractivity contribution in [2.24, 2.45) is 0 Å². The Kier molecular flexibility index (Phi) is 53.8. The minimum absolute atomic E-state index is 0.0811. The fourth-order valence-corrected chi connectivity index (χ4v) is 8.10. The Morgan fingerprint density at radius 1 is 0.309 bits per heavy atom. The first kappa shape index (κ1) is 64.8. The van der Waals surface area contributed by atoms with Gasteiger partial charge >= 0.3 is 17.9 Å². The average Bonchev–Trinajstić information content (AvgIpc) is 3.34. The van der Waals surface area contributed by atoms with E-state index in [0.29, 0.717) is 19.3 Å². The van der Waals surface area contributed by atoms with Gasteiger partial charge < -0.3 is 14.2 Å². The number of allylic oxidation sites excluding steroid dienone is 12. The van der Waals surface area contributed by atoms with Gasteiger partial charge in [-0.2, -0.15) is 0 Å². The maximum Gasteiger partial charge on any atom is 0.306 e. The van der Waals surface area contributed by atoms with E-state index in [9.17, 15) is 14.4 Å². The van der Waals surface area contributed by atoms with E-state index < -0.39 is 6.10 Å². The van der Waals surface area contributed by atoms with Crippen LogP contribution in [0, 0.1) is 0 Å². The summed E-state index contributed by atoms with van der Waals surface area (Å²) in [6, 6.07) is 0. The SMILES string of the molecule is CC/C=C\C/C=C\C/C=C\C/C=C\C/C=C\CCCCCCCCCC(=O)OCC(COC(=O)CCCCCCC/C=C\CCCC)OC(=O)CCCCCCCCCCCCCCCCCC. The summed E-state index contributed by atoms with van der Waals surface area (Å²) >= 11 is 0. The summed E-state index contributed by atoms with van der Waals surface area (Å²) in [6.07, 6.45) is 71.8. The summed E-state index contributed by atoms with van der Waals surface area (Å²) in [7, 11) is 0. The molecule has 0 N–H and O–H groups in total. The van der Waals surface area contributed by atoms with E-state index in [-0.39, 0.29) is 31.1 Å². The molecule has 0 radical (unpaired) electrons. The monoisotopic (exact) mass is 949 g/mol. The normalized spacial score (nSPS) is 12.6. The van der Waals surface area contributed by atoms with Gasteiger partial charge in [0.1, 0.15) is 13.2 Å². The molecule has 0 aromatic carbocycles. The molecule has 6 heteroatoms. The van der Waals surface area contributed by atoms with Crippen LogP contribution in [0.3, 0.4) is 0 Å². The molecule has 0 saturated heterocycles. The zero-order chi connectivity index (χ0) is 49.3. The van der Waals surface area contributed by atoms with Gasteiger partial charge in [-0.05, 0) is 83.5 Å². The Balaban J connectivity index is 4.32. The van der Waals surface area contributed by atoms with Crippen molar-refractivity contribution < 1.29 is 28.6 Å². The zero-order valence-corrected chi connectivity index (χ0v) is 44.9. The largest absolute Gasteiger partial charge is 0.462 e. The predicted molar refractivity (Wildman–Crippen MR) is 293 cm³/mol. The second kappa shape index (κ2) is 56.4. The molecular weight excluding hydrogens is 841 g/mol. The molecule has 0 fully saturated rings. The van der Waals surface area contributed by atoms with Crippen LogP contribution in [-0.4, -0.2) is 37.2 Å². The molecule has 0 aliphatic carbocycles. The lowest BCUT2D eigenvalue weighted by atomic mass is 10.0. The highest BCUT2D eigenvalue weighted by Gasteiger charge is 2.19. The summed E-state index contributed by atoms with van der Waals surface area (Å²) in [6.45, 7) is 6.49. The molecule has 0 aliphatic heterocycles. The van der Waals surface area contributed by atoms with Crippen LogP contribution in [0.2, 0.25) is 0 Å². The lowest BCUT2D eigenvalue weighted by Crippen LogP contribution is -2.30. The zero-order valence-electron chi connectivity index (χ0n) is 44.9. The molecule has 0 spiro atoms. The minimum atomic E-state index is -0.781. The Morgan fingerprint density at radius 2 is 0.588 bits per heavy atom. The molecule has 1 unspecified atom stereocenters. The lowest BCUT2D eigenvalue weighted by Gasteiger charge is -2.18. The second-order valence-electron chi connectivity index (χ2n) is 19.2. The molecule has 0 bridgehead atoms. The number of rotatable bonds is 52. The van der Waals surface area contributed by atoms with Crippen LogP contribution in [0.15, 0.2) is 72.9 Å². The van der Waals surface area contributed by atoms with Gasteiger partial charge in [0.2, 0.25) is 0 Å². The van der Waals surface area contributed by atoms with E-state index in [1.165, 1.54) is 141 Å². The highest BCUT2D eigenvalue weighted by atomic mass is 16.6. The lowest BCUT2D eigenvalue weighted by molar-refractivity contribution is -0.167. The molecule has 0 heterocycles. The number of unbranched alkanes of at least 4 members (excludes halogenated alkanes) is 29. The van der Waals surface area contributed by atoms with E-state index in [2.05, 4.69) is 93.7 Å². The van der Waals surface area contributed by atoms with Gasteiger partial charge in [0.15, 0.2) is 6.10 Å². The Labute approximate surface area is 421 Å². The van der Waals surface area contributed by atoms with Crippen LogP contribution in [0.5, 0.6) is 0 Å². The molecule has 0 aromatic heterocycles. The fraction of sp³-hybridized carbons (Fsp3) is 0.758. The van der Waals surface area contributed by atoms with E-state index in [1.54, 1.807) is 0 Å². The first-order valence-electron chi connectivity index (χ1n) is 28.9. The van der Waals surface area contributed by atoms with E-state index in [1.807, 2.05) is 0 Å². The molecule has 0 rings (SSSR count). The van der Waals surface area contributed by atoms with Crippen LogP contribution < -0.4 is 0 Å². The van der Waals surface area contributed by atoms with Crippen molar-refractivity contribution in [3.63, 3.8) is 0 Å². The van der Waals surface area contributed by atoms with E-state index >= 15 is 0 Å². The molecule has 392 valence electrons. The van der Waals surface area contributed by atoms with Crippen LogP contribution in [0.4, 0.5) is 0 Å². The van der Waals surface area contributed by atoms with E-state index in [0.717, 1.165) is 103 Å². The molecule has 1 atom stereocenters. The molecule has 0 aromatic rings. The van der Waals surface area contributed by atoms with Gasteiger partial charge in [0.05, 0.1) is 0 Å². The average molecular weight is 950 g/mol. The van der Waals surface area contributed by atoms with Gasteiger partial charge in [-0.15, -0.1) is 0 Å². The topological polar surface area (TPSA) is 78.9 Å². The fourth-order valence-electron chi connectivity index (χ4n) is 8.10. The molecule has 0 aliphatic rings. The Morgan fingerprint density at radius 3 is 0.956 bits per heavy atom. The maximum atomic E-state index is 12.8. The molecular formula is C62H108O6. The molecule has 0 amide bonds. The number of carbonyl (C=O) groups excluding carboxylic acids is 3. The standard InChI is InChI=1S/C62H108O6/c1-4-7-10-13-16-19-22-24-26-28-29-30-31-32-33-34-36-37-40-43-46-49-52-55-61(64)67-58-59(57-66-60(63)54-51-48-45-42-39-21-18-15-12-9-6-3)68-62(65)56-53-50-47-44-41-38-35-27-25-23-20-17-14-11-8-5-2/h7,10,15-16,18-19,24,26,29-30,32-33,59H,4-6,8-9,11-14,17,20-23,25,27-28,31,34-58H2,1-3H3/b10-7-,18-15-,19-16-,26-24-,30-29-,33-32-. The summed E-state index contributed by atoms with van der Waals surface area (Å²) in [5, 5.41) is 0. The Bertz CT molecular complexity index is 1270. The van der Waals surface area contributed by atoms with Crippen LogP contribution in [0.25, 0.3) is 0 Å². The van der Waals surface area contributed by atoms with Crippen molar-refractivity contribution in [1.82, 2.24) is 0 Å². The number of hydrogen-bond donors (Lipinski definition) is 0. The predicted octanol–water partition coefficient (Wildman–Crippen LogP) is 19.4. The molecule has 6 nitrogen and oxygen atoms in total. The van der Waals surface area contributed by atoms with Gasteiger partial charge in [-0.25, -0.2) is 0 Å². The second-order valence-corrected chi connectivity index (χ2v) is 19.2. The highest BCUT2D eigenvalue weighted by Crippen LogP contribution is 2.16. The summed E-state index contributed by atoms with van der Waals surface area (Å²) in [4.78, 5) is 38.1. The van der Waals surface area contributed by atoms with Gasteiger partial charge in [0.25, 0.3) is 0 Å². The van der Waals surface area contributed by atoms with Crippen molar-refractivity contribution in [2.45, 2.75) is 290 Å². The number of ether oxygens (including phenoxy) is 3. The quantitative estimate of drug-likeness (QED) is 0.0262. The summed E-state index contributed by atoms with van der Waals surface area (Å²) in [5.41, 5.74) is 0.